The predicted molar refractivity (Wildman–Crippen MR) is 138 cm³/mol. The molecular weight excluding hydrogens is 533 g/mol. The summed E-state index contributed by atoms with van der Waals surface area (Å²) in [5.41, 5.74) is 4.74. The maximum Gasteiger partial charge on any atom is 0.267 e. The summed E-state index contributed by atoms with van der Waals surface area (Å²) in [5, 5.41) is 4.07. The molecule has 1 amide bonds. The molecule has 3 aromatic carbocycles. The Balaban J connectivity index is 1.44. The van der Waals surface area contributed by atoms with Gasteiger partial charge >= 0.3 is 0 Å². The Morgan fingerprint density at radius 3 is 2.69 bits per heavy atom. The van der Waals surface area contributed by atoms with Crippen LogP contribution in [0.25, 0.3) is 16.6 Å². The van der Waals surface area contributed by atoms with E-state index in [1.165, 1.54) is 29.3 Å². The van der Waals surface area contributed by atoms with Gasteiger partial charge < -0.3 is 5.32 Å². The fraction of sp³-hybridized carbons (Fsp3) is 0.160. The van der Waals surface area contributed by atoms with Crippen LogP contribution in [-0.2, 0) is 17.6 Å². The van der Waals surface area contributed by atoms with Gasteiger partial charge in [0.1, 0.15) is 0 Å². The van der Waals surface area contributed by atoms with Gasteiger partial charge in [0.25, 0.3) is 5.56 Å². The van der Waals surface area contributed by atoms with Crippen molar-refractivity contribution in [1.82, 2.24) is 9.55 Å². The molecule has 1 aliphatic carbocycles. The largest absolute Gasteiger partial charge is 0.325 e. The van der Waals surface area contributed by atoms with Crippen LogP contribution >= 0.6 is 34.4 Å². The third-order valence-corrected chi connectivity index (χ3v) is 7.38. The number of halogens is 1. The fourth-order valence-corrected chi connectivity index (χ4v) is 5.57. The molecule has 160 valence electrons. The first-order valence-corrected chi connectivity index (χ1v) is 12.5. The predicted octanol–water partition coefficient (Wildman–Crippen LogP) is 5.21. The summed E-state index contributed by atoms with van der Waals surface area (Å²) in [7, 11) is 0. The summed E-state index contributed by atoms with van der Waals surface area (Å²) in [4.78, 5) is 30.8. The molecule has 0 aliphatic heterocycles. The molecule has 4 aromatic rings. The number of aryl methyl sites for hydroxylation is 2. The van der Waals surface area contributed by atoms with E-state index in [0.29, 0.717) is 16.1 Å². The lowest BCUT2D eigenvalue weighted by Crippen LogP contribution is -2.23. The molecule has 1 aromatic heterocycles. The van der Waals surface area contributed by atoms with Crippen molar-refractivity contribution in [2.24, 2.45) is 0 Å². The number of nitrogens with zero attached hydrogens (tertiary/aromatic N) is 2. The number of hydrogen-bond acceptors (Lipinski definition) is 4. The second-order valence-electron chi connectivity index (χ2n) is 7.68. The van der Waals surface area contributed by atoms with Crippen LogP contribution in [0.5, 0.6) is 0 Å². The normalized spacial score (nSPS) is 12.7. The summed E-state index contributed by atoms with van der Waals surface area (Å²) in [5.74, 6) is 0.0377. The average molecular weight is 553 g/mol. The van der Waals surface area contributed by atoms with E-state index in [0.717, 1.165) is 27.8 Å². The molecule has 1 aliphatic rings. The Morgan fingerprint density at radius 1 is 1.03 bits per heavy atom. The van der Waals surface area contributed by atoms with E-state index < -0.39 is 0 Å². The number of nitrogens with one attached hydrogen (secondary N) is 1. The van der Waals surface area contributed by atoms with Crippen molar-refractivity contribution >= 4 is 56.9 Å². The summed E-state index contributed by atoms with van der Waals surface area (Å²) in [6.07, 6.45) is 3.35. The molecule has 0 saturated heterocycles. The summed E-state index contributed by atoms with van der Waals surface area (Å²) in [6.45, 7) is 0. The number of hydrogen-bond donors (Lipinski definition) is 1. The molecule has 0 spiro atoms. The van der Waals surface area contributed by atoms with E-state index in [1.54, 1.807) is 4.57 Å². The molecule has 0 saturated carbocycles. The van der Waals surface area contributed by atoms with Gasteiger partial charge in [0.05, 0.1) is 22.3 Å². The van der Waals surface area contributed by atoms with Crippen molar-refractivity contribution in [3.8, 4) is 5.69 Å². The van der Waals surface area contributed by atoms with E-state index >= 15 is 0 Å². The van der Waals surface area contributed by atoms with E-state index in [2.05, 4.69) is 40.0 Å². The number of thioether (sulfide) groups is 1. The van der Waals surface area contributed by atoms with Gasteiger partial charge in [0, 0.05) is 9.26 Å². The van der Waals surface area contributed by atoms with E-state index in [1.807, 2.05) is 54.6 Å². The molecule has 0 unspecified atom stereocenters. The number of anilines is 1. The lowest BCUT2D eigenvalue weighted by molar-refractivity contribution is -0.113. The highest BCUT2D eigenvalue weighted by molar-refractivity contribution is 14.1. The molecule has 5 rings (SSSR count). The second-order valence-corrected chi connectivity index (χ2v) is 9.78. The van der Waals surface area contributed by atoms with Crippen LogP contribution in [0.1, 0.15) is 17.5 Å². The Hall–Kier alpha value is -2.65. The van der Waals surface area contributed by atoms with Crippen molar-refractivity contribution in [2.45, 2.75) is 24.4 Å². The standard InChI is InChI=1S/C25H20IN3O2S/c26-20-10-5-11-21-23(20)24(31)29(19-8-2-1-3-9-19)25(28-21)32-15-22(30)27-18-13-12-16-6-4-7-17(16)14-18/h1-3,5,8-14H,4,6-7,15H2,(H,27,30). The highest BCUT2D eigenvalue weighted by Crippen LogP contribution is 2.26. The number of rotatable bonds is 5. The first-order chi connectivity index (χ1) is 15.6. The third-order valence-electron chi connectivity index (χ3n) is 5.54. The first-order valence-electron chi connectivity index (χ1n) is 10.4. The molecule has 7 heteroatoms. The van der Waals surface area contributed by atoms with Crippen LogP contribution in [0, 0.1) is 3.57 Å². The molecule has 0 bridgehead atoms. The Kier molecular flexibility index (Phi) is 6.01. The molecular formula is C25H20IN3O2S. The lowest BCUT2D eigenvalue weighted by atomic mass is 10.1. The Bertz CT molecular complexity index is 1390. The minimum atomic E-state index is -0.132. The van der Waals surface area contributed by atoms with Gasteiger partial charge in [-0.05, 0) is 89.4 Å². The lowest BCUT2D eigenvalue weighted by Gasteiger charge is -2.14. The smallest absolute Gasteiger partial charge is 0.267 e. The van der Waals surface area contributed by atoms with Crippen molar-refractivity contribution < 1.29 is 4.79 Å². The van der Waals surface area contributed by atoms with Crippen LogP contribution in [0.15, 0.2) is 76.7 Å². The maximum atomic E-state index is 13.4. The Labute approximate surface area is 203 Å². The molecule has 1 N–H and O–H groups in total. The summed E-state index contributed by atoms with van der Waals surface area (Å²) in [6, 6.07) is 21.2. The molecule has 0 radical (unpaired) electrons. The zero-order valence-corrected chi connectivity index (χ0v) is 20.2. The van der Waals surface area contributed by atoms with Crippen LogP contribution in [0.2, 0.25) is 0 Å². The molecule has 32 heavy (non-hydrogen) atoms. The Morgan fingerprint density at radius 2 is 1.84 bits per heavy atom. The van der Waals surface area contributed by atoms with Crippen molar-refractivity contribution in [3.63, 3.8) is 0 Å². The number of carbonyl (C=O) groups excluding carboxylic acids is 1. The van der Waals surface area contributed by atoms with Crippen molar-refractivity contribution in [1.29, 1.82) is 0 Å². The summed E-state index contributed by atoms with van der Waals surface area (Å²) >= 11 is 3.43. The van der Waals surface area contributed by atoms with Gasteiger partial charge in [0.2, 0.25) is 5.91 Å². The van der Waals surface area contributed by atoms with E-state index in [9.17, 15) is 9.59 Å². The average Bonchev–Trinajstić information content (AvgIpc) is 3.26. The van der Waals surface area contributed by atoms with Crippen LogP contribution in [-0.4, -0.2) is 21.2 Å². The number of aromatic nitrogens is 2. The van der Waals surface area contributed by atoms with Gasteiger partial charge in [0.15, 0.2) is 5.16 Å². The van der Waals surface area contributed by atoms with Gasteiger partial charge in [-0.2, -0.15) is 0 Å². The number of benzene rings is 3. The van der Waals surface area contributed by atoms with E-state index in [4.69, 9.17) is 4.98 Å². The molecule has 1 heterocycles. The highest BCUT2D eigenvalue weighted by atomic mass is 127. The minimum Gasteiger partial charge on any atom is -0.325 e. The third kappa shape index (κ3) is 4.19. The topological polar surface area (TPSA) is 64.0 Å². The molecule has 5 nitrogen and oxygen atoms in total. The van der Waals surface area contributed by atoms with Gasteiger partial charge in [-0.3, -0.25) is 14.2 Å². The van der Waals surface area contributed by atoms with Gasteiger partial charge in [-0.25, -0.2) is 4.98 Å². The fourth-order valence-electron chi connectivity index (χ4n) is 4.05. The summed E-state index contributed by atoms with van der Waals surface area (Å²) < 4.78 is 2.45. The minimum absolute atomic E-state index is 0.121. The number of carbonyl (C=O) groups is 1. The number of fused-ring (bicyclic) bond motifs is 2. The maximum absolute atomic E-state index is 13.4. The quantitative estimate of drug-likeness (QED) is 0.210. The zero-order valence-electron chi connectivity index (χ0n) is 17.2. The molecule has 0 fully saturated rings. The monoisotopic (exact) mass is 553 g/mol. The van der Waals surface area contributed by atoms with Gasteiger partial charge in [-0.1, -0.05) is 42.1 Å². The number of amides is 1. The molecule has 0 atom stereocenters. The SMILES string of the molecule is O=C(CSc1nc2cccc(I)c2c(=O)n1-c1ccccc1)Nc1ccc2c(c1)CCC2. The highest BCUT2D eigenvalue weighted by Gasteiger charge is 2.17. The van der Waals surface area contributed by atoms with Gasteiger partial charge in [-0.15, -0.1) is 0 Å². The van der Waals surface area contributed by atoms with Crippen LogP contribution in [0.3, 0.4) is 0 Å². The van der Waals surface area contributed by atoms with Crippen LogP contribution in [0.4, 0.5) is 5.69 Å². The van der Waals surface area contributed by atoms with E-state index in [-0.39, 0.29) is 17.2 Å². The van der Waals surface area contributed by atoms with Crippen molar-refractivity contribution in [3.05, 3.63) is 91.8 Å². The second kappa shape index (κ2) is 9.07. The zero-order chi connectivity index (χ0) is 22.1. The van der Waals surface area contributed by atoms with Crippen LogP contribution < -0.4 is 10.9 Å². The first kappa shape index (κ1) is 21.2. The van der Waals surface area contributed by atoms with Crippen molar-refractivity contribution in [2.75, 3.05) is 11.1 Å². The number of para-hydroxylation sites is 1.